The van der Waals surface area contributed by atoms with Gasteiger partial charge in [-0.25, -0.2) is 0 Å². The molecule has 0 spiro atoms. The third-order valence-electron chi connectivity index (χ3n) is 3.31. The highest BCUT2D eigenvalue weighted by atomic mass is 16.5. The first kappa shape index (κ1) is 14.0. The van der Waals surface area contributed by atoms with Crippen molar-refractivity contribution in [3.63, 3.8) is 0 Å². The van der Waals surface area contributed by atoms with Crippen LogP contribution in [0.15, 0.2) is 49.0 Å². The zero-order chi connectivity index (χ0) is 14.7. The van der Waals surface area contributed by atoms with Gasteiger partial charge in [0.25, 0.3) is 0 Å². The van der Waals surface area contributed by atoms with Gasteiger partial charge in [0.2, 0.25) is 0 Å². The Morgan fingerprint density at radius 3 is 2.15 bits per heavy atom. The Morgan fingerprint density at radius 1 is 1.05 bits per heavy atom. The Hall–Kier alpha value is -2.42. The van der Waals surface area contributed by atoms with Crippen molar-refractivity contribution in [3.05, 3.63) is 60.2 Å². The number of nitrogens with zero attached hydrogens (tertiary/aromatic N) is 1. The summed E-state index contributed by atoms with van der Waals surface area (Å²) in [5.74, 6) is 0.685. The van der Waals surface area contributed by atoms with Gasteiger partial charge in [-0.1, -0.05) is 24.8 Å². The van der Waals surface area contributed by atoms with E-state index in [0.29, 0.717) is 11.4 Å². The number of methoxy groups -OCH3 is 1. The lowest BCUT2D eigenvalue weighted by molar-refractivity contribution is 0.417. The average molecular weight is 268 g/mol. The van der Waals surface area contributed by atoms with E-state index in [0.717, 1.165) is 22.4 Å². The minimum absolute atomic E-state index is 0.621. The van der Waals surface area contributed by atoms with E-state index in [9.17, 15) is 0 Å². The molecule has 0 aliphatic rings. The molecular formula is C17H20N2O. The van der Waals surface area contributed by atoms with Crippen LogP contribution in [0.5, 0.6) is 5.75 Å². The second kappa shape index (κ2) is 5.70. The fourth-order valence-electron chi connectivity index (χ4n) is 2.05. The van der Waals surface area contributed by atoms with Crippen LogP contribution in [-0.2, 0) is 0 Å². The third-order valence-corrected chi connectivity index (χ3v) is 3.31. The number of ether oxygens (including phenoxy) is 1. The van der Waals surface area contributed by atoms with Crippen LogP contribution in [0.3, 0.4) is 0 Å². The summed E-state index contributed by atoms with van der Waals surface area (Å²) in [5.41, 5.74) is 10.8. The number of rotatable bonds is 4. The van der Waals surface area contributed by atoms with Gasteiger partial charge in [0.1, 0.15) is 5.75 Å². The van der Waals surface area contributed by atoms with E-state index in [-0.39, 0.29) is 0 Å². The molecule has 0 aliphatic heterocycles. The Bertz CT molecular complexity index is 615. The monoisotopic (exact) mass is 268 g/mol. The van der Waals surface area contributed by atoms with E-state index in [4.69, 9.17) is 10.5 Å². The molecule has 0 radical (unpaired) electrons. The van der Waals surface area contributed by atoms with Gasteiger partial charge in [0, 0.05) is 19.8 Å². The maximum atomic E-state index is 5.94. The SMILES string of the molecule is C=C(c1ccc(N(C)C)cc1)c1ccc(OC)c(N)c1. The number of nitrogen functional groups attached to an aromatic ring is 1. The minimum Gasteiger partial charge on any atom is -0.495 e. The van der Waals surface area contributed by atoms with E-state index in [2.05, 4.69) is 35.7 Å². The first-order chi connectivity index (χ1) is 9.52. The molecule has 2 N–H and O–H groups in total. The number of benzene rings is 2. The maximum absolute atomic E-state index is 5.94. The van der Waals surface area contributed by atoms with Crippen molar-refractivity contribution in [1.29, 1.82) is 0 Å². The van der Waals surface area contributed by atoms with Gasteiger partial charge in [-0.05, 0) is 41.0 Å². The molecule has 0 aliphatic carbocycles. The Balaban J connectivity index is 2.29. The molecule has 3 nitrogen and oxygen atoms in total. The molecule has 0 amide bonds. The maximum Gasteiger partial charge on any atom is 0.141 e. The van der Waals surface area contributed by atoms with Crippen LogP contribution in [0.2, 0.25) is 0 Å². The van der Waals surface area contributed by atoms with Gasteiger partial charge >= 0.3 is 0 Å². The Labute approximate surface area is 120 Å². The lowest BCUT2D eigenvalue weighted by atomic mass is 9.98. The topological polar surface area (TPSA) is 38.5 Å². The number of anilines is 2. The largest absolute Gasteiger partial charge is 0.495 e. The molecule has 0 fully saturated rings. The highest BCUT2D eigenvalue weighted by Crippen LogP contribution is 2.29. The smallest absolute Gasteiger partial charge is 0.141 e. The van der Waals surface area contributed by atoms with Gasteiger partial charge in [-0.3, -0.25) is 0 Å². The van der Waals surface area contributed by atoms with Crippen molar-refractivity contribution >= 4 is 16.9 Å². The number of hydrogen-bond acceptors (Lipinski definition) is 3. The van der Waals surface area contributed by atoms with Crippen LogP contribution >= 0.6 is 0 Å². The summed E-state index contributed by atoms with van der Waals surface area (Å²) in [6, 6.07) is 14.0. The van der Waals surface area contributed by atoms with Crippen molar-refractivity contribution in [2.45, 2.75) is 0 Å². The molecule has 3 heteroatoms. The van der Waals surface area contributed by atoms with Crippen LogP contribution in [0.4, 0.5) is 11.4 Å². The standard InChI is InChI=1S/C17H20N2O/c1-12(13-5-8-15(9-6-13)19(2)3)14-7-10-17(20-4)16(18)11-14/h5-11H,1,18H2,2-4H3. The molecule has 104 valence electrons. The van der Waals surface area contributed by atoms with Crippen LogP contribution < -0.4 is 15.4 Å². The predicted molar refractivity (Wildman–Crippen MR) is 86.3 cm³/mol. The summed E-state index contributed by atoms with van der Waals surface area (Å²) in [5, 5.41) is 0. The zero-order valence-electron chi connectivity index (χ0n) is 12.2. The fraction of sp³-hybridized carbons (Fsp3) is 0.176. The minimum atomic E-state index is 0.621. The zero-order valence-corrected chi connectivity index (χ0v) is 12.2. The highest BCUT2D eigenvalue weighted by molar-refractivity contribution is 5.80. The van der Waals surface area contributed by atoms with Crippen molar-refractivity contribution in [2.75, 3.05) is 31.8 Å². The summed E-state index contributed by atoms with van der Waals surface area (Å²) in [6.45, 7) is 4.16. The summed E-state index contributed by atoms with van der Waals surface area (Å²) in [4.78, 5) is 2.07. The molecule has 0 saturated heterocycles. The van der Waals surface area contributed by atoms with Gasteiger partial charge < -0.3 is 15.4 Å². The molecule has 0 atom stereocenters. The Kier molecular flexibility index (Phi) is 3.99. The summed E-state index contributed by atoms with van der Waals surface area (Å²) < 4.78 is 5.17. The summed E-state index contributed by atoms with van der Waals surface area (Å²) in [6.07, 6.45) is 0. The molecule has 2 rings (SSSR count). The quantitative estimate of drug-likeness (QED) is 0.864. The number of nitrogens with two attached hydrogens (primary N) is 1. The summed E-state index contributed by atoms with van der Waals surface area (Å²) >= 11 is 0. The van der Waals surface area contributed by atoms with Crippen LogP contribution in [0.25, 0.3) is 5.57 Å². The molecule has 2 aromatic carbocycles. The molecule has 20 heavy (non-hydrogen) atoms. The second-order valence-electron chi connectivity index (χ2n) is 4.88. The van der Waals surface area contributed by atoms with E-state index < -0.39 is 0 Å². The fourth-order valence-corrected chi connectivity index (χ4v) is 2.05. The average Bonchev–Trinajstić information content (AvgIpc) is 2.46. The number of hydrogen-bond donors (Lipinski definition) is 1. The first-order valence-electron chi connectivity index (χ1n) is 6.43. The molecule has 2 aromatic rings. The molecule has 0 unspecified atom stereocenters. The van der Waals surface area contributed by atoms with E-state index >= 15 is 0 Å². The van der Waals surface area contributed by atoms with Crippen LogP contribution in [-0.4, -0.2) is 21.2 Å². The van der Waals surface area contributed by atoms with E-state index in [1.165, 1.54) is 0 Å². The van der Waals surface area contributed by atoms with Gasteiger partial charge in [-0.2, -0.15) is 0 Å². The van der Waals surface area contributed by atoms with Crippen molar-refractivity contribution in [1.82, 2.24) is 0 Å². The van der Waals surface area contributed by atoms with Crippen molar-refractivity contribution in [3.8, 4) is 5.75 Å². The highest BCUT2D eigenvalue weighted by Gasteiger charge is 2.06. The van der Waals surface area contributed by atoms with Crippen molar-refractivity contribution in [2.24, 2.45) is 0 Å². The van der Waals surface area contributed by atoms with Gasteiger partial charge in [0.15, 0.2) is 0 Å². The molecule has 0 heterocycles. The lowest BCUT2D eigenvalue weighted by Gasteiger charge is -2.14. The molecule has 0 bridgehead atoms. The van der Waals surface area contributed by atoms with Gasteiger partial charge in [-0.15, -0.1) is 0 Å². The van der Waals surface area contributed by atoms with Crippen LogP contribution in [0, 0.1) is 0 Å². The predicted octanol–water partition coefficient (Wildman–Crippen LogP) is 3.40. The molecular weight excluding hydrogens is 248 g/mol. The van der Waals surface area contributed by atoms with Crippen LogP contribution in [0.1, 0.15) is 11.1 Å². The normalized spacial score (nSPS) is 10.2. The molecule has 0 saturated carbocycles. The third kappa shape index (κ3) is 2.77. The van der Waals surface area contributed by atoms with E-state index in [1.807, 2.05) is 32.3 Å². The summed E-state index contributed by atoms with van der Waals surface area (Å²) in [7, 11) is 5.65. The van der Waals surface area contributed by atoms with Gasteiger partial charge in [0.05, 0.1) is 12.8 Å². The van der Waals surface area contributed by atoms with E-state index in [1.54, 1.807) is 7.11 Å². The second-order valence-corrected chi connectivity index (χ2v) is 4.88. The lowest BCUT2D eigenvalue weighted by Crippen LogP contribution is -2.08. The Morgan fingerprint density at radius 2 is 1.65 bits per heavy atom. The first-order valence-corrected chi connectivity index (χ1v) is 6.43. The molecule has 0 aromatic heterocycles. The van der Waals surface area contributed by atoms with Crippen molar-refractivity contribution < 1.29 is 4.74 Å².